The summed E-state index contributed by atoms with van der Waals surface area (Å²) in [5.41, 5.74) is 0. The third-order valence-electron chi connectivity index (χ3n) is 3.64. The van der Waals surface area contributed by atoms with E-state index in [1.54, 1.807) is 0 Å². The molecule has 1 aliphatic rings. The van der Waals surface area contributed by atoms with Gasteiger partial charge < -0.3 is 5.32 Å². The van der Waals surface area contributed by atoms with Gasteiger partial charge in [-0.05, 0) is 36.8 Å². The maximum absolute atomic E-state index is 3.51. The highest BCUT2D eigenvalue weighted by molar-refractivity contribution is 4.84. The van der Waals surface area contributed by atoms with Crippen molar-refractivity contribution >= 4 is 0 Å². The first-order chi connectivity index (χ1) is 5.66. The van der Waals surface area contributed by atoms with Crippen molar-refractivity contribution in [2.24, 2.45) is 23.7 Å². The largest absolute Gasteiger partial charge is 0.316 e. The van der Waals surface area contributed by atoms with Gasteiger partial charge in [0.05, 0.1) is 0 Å². The van der Waals surface area contributed by atoms with Gasteiger partial charge in [-0.3, -0.25) is 0 Å². The summed E-state index contributed by atoms with van der Waals surface area (Å²) in [5.74, 6) is 3.58. The number of nitrogens with one attached hydrogen (secondary N) is 1. The molecular weight excluding hydrogens is 146 g/mol. The molecule has 1 heteroatoms. The van der Waals surface area contributed by atoms with Crippen LogP contribution in [-0.2, 0) is 0 Å². The molecule has 0 saturated carbocycles. The molecule has 1 heterocycles. The smallest absolute Gasteiger partial charge is 0.00146 e. The van der Waals surface area contributed by atoms with E-state index in [-0.39, 0.29) is 0 Å². The zero-order valence-electron chi connectivity index (χ0n) is 8.93. The van der Waals surface area contributed by atoms with Crippen LogP contribution in [0.25, 0.3) is 0 Å². The normalized spacial score (nSPS) is 32.8. The van der Waals surface area contributed by atoms with Crippen LogP contribution in [-0.4, -0.2) is 13.1 Å². The van der Waals surface area contributed by atoms with E-state index < -0.39 is 0 Å². The Labute approximate surface area is 76.9 Å². The second kappa shape index (κ2) is 4.27. The van der Waals surface area contributed by atoms with Crippen LogP contribution in [0, 0.1) is 23.7 Å². The average molecular weight is 169 g/mol. The molecule has 1 saturated heterocycles. The second-order valence-electron chi connectivity index (χ2n) is 4.59. The maximum Gasteiger partial charge on any atom is -0.00146 e. The molecule has 12 heavy (non-hydrogen) atoms. The van der Waals surface area contributed by atoms with Gasteiger partial charge in [-0.1, -0.05) is 34.1 Å². The number of rotatable bonds is 3. The topological polar surface area (TPSA) is 12.0 Å². The Bertz CT molecular complexity index is 131. The molecule has 0 aliphatic carbocycles. The van der Waals surface area contributed by atoms with Crippen molar-refractivity contribution in [1.82, 2.24) is 5.32 Å². The fourth-order valence-electron chi connectivity index (χ4n) is 2.31. The predicted octanol–water partition coefficient (Wildman–Crippen LogP) is 2.52. The number of hydrogen-bond acceptors (Lipinski definition) is 1. The van der Waals surface area contributed by atoms with Gasteiger partial charge in [-0.15, -0.1) is 0 Å². The lowest BCUT2D eigenvalue weighted by Gasteiger charge is -2.27. The zero-order valence-corrected chi connectivity index (χ0v) is 8.93. The highest BCUT2D eigenvalue weighted by atomic mass is 14.9. The molecule has 3 atom stereocenters. The van der Waals surface area contributed by atoms with E-state index in [0.717, 1.165) is 23.7 Å². The summed E-state index contributed by atoms with van der Waals surface area (Å²) in [7, 11) is 0. The van der Waals surface area contributed by atoms with Crippen molar-refractivity contribution in [2.75, 3.05) is 13.1 Å². The quantitative estimate of drug-likeness (QED) is 0.684. The molecule has 1 fully saturated rings. The summed E-state index contributed by atoms with van der Waals surface area (Å²) in [4.78, 5) is 0. The van der Waals surface area contributed by atoms with E-state index in [1.165, 1.54) is 19.5 Å². The molecule has 3 unspecified atom stereocenters. The Morgan fingerprint density at radius 2 is 1.92 bits per heavy atom. The van der Waals surface area contributed by atoms with Crippen molar-refractivity contribution in [3.63, 3.8) is 0 Å². The molecule has 1 rings (SSSR count). The average Bonchev–Trinajstić information content (AvgIpc) is 2.49. The first-order valence-electron chi connectivity index (χ1n) is 5.37. The third kappa shape index (κ3) is 2.01. The molecular formula is C11H23N. The highest BCUT2D eigenvalue weighted by Gasteiger charge is 2.31. The molecule has 0 aromatic rings. The van der Waals surface area contributed by atoms with Gasteiger partial charge in [-0.25, -0.2) is 0 Å². The third-order valence-corrected chi connectivity index (χ3v) is 3.64. The molecule has 72 valence electrons. The minimum Gasteiger partial charge on any atom is -0.316 e. The Morgan fingerprint density at radius 3 is 2.42 bits per heavy atom. The summed E-state index contributed by atoms with van der Waals surface area (Å²) in [5, 5.41) is 3.51. The summed E-state index contributed by atoms with van der Waals surface area (Å²) < 4.78 is 0. The van der Waals surface area contributed by atoms with Gasteiger partial charge in [0.25, 0.3) is 0 Å². The van der Waals surface area contributed by atoms with Gasteiger partial charge in [0.1, 0.15) is 0 Å². The second-order valence-corrected chi connectivity index (χ2v) is 4.59. The molecule has 0 aromatic heterocycles. The van der Waals surface area contributed by atoms with Crippen molar-refractivity contribution < 1.29 is 0 Å². The molecule has 1 aliphatic heterocycles. The van der Waals surface area contributed by atoms with E-state index in [1.807, 2.05) is 0 Å². The van der Waals surface area contributed by atoms with Gasteiger partial charge in [0.15, 0.2) is 0 Å². The molecule has 1 N–H and O–H groups in total. The van der Waals surface area contributed by atoms with Crippen LogP contribution in [0.2, 0.25) is 0 Å². The number of hydrogen-bond donors (Lipinski definition) is 1. The van der Waals surface area contributed by atoms with Gasteiger partial charge in [-0.2, -0.15) is 0 Å². The monoisotopic (exact) mass is 169 g/mol. The fraction of sp³-hybridized carbons (Fsp3) is 1.00. The van der Waals surface area contributed by atoms with Crippen LogP contribution in [0.15, 0.2) is 0 Å². The summed E-state index contributed by atoms with van der Waals surface area (Å²) in [6.45, 7) is 11.9. The molecule has 0 amide bonds. The van der Waals surface area contributed by atoms with E-state index in [0.29, 0.717) is 0 Å². The van der Waals surface area contributed by atoms with E-state index in [4.69, 9.17) is 0 Å². The first-order valence-corrected chi connectivity index (χ1v) is 5.37. The van der Waals surface area contributed by atoms with Crippen LogP contribution in [0.1, 0.15) is 34.1 Å². The molecule has 0 radical (unpaired) electrons. The van der Waals surface area contributed by atoms with Crippen molar-refractivity contribution in [1.29, 1.82) is 0 Å². The van der Waals surface area contributed by atoms with Crippen LogP contribution in [0.5, 0.6) is 0 Å². The molecule has 1 nitrogen and oxygen atoms in total. The predicted molar refractivity (Wildman–Crippen MR) is 54.1 cm³/mol. The van der Waals surface area contributed by atoms with Crippen LogP contribution in [0.3, 0.4) is 0 Å². The van der Waals surface area contributed by atoms with E-state index in [2.05, 4.69) is 33.0 Å². The minimum atomic E-state index is 0.837. The SMILES string of the molecule is CCC1CNCC1C(C)C(C)C. The van der Waals surface area contributed by atoms with E-state index in [9.17, 15) is 0 Å². The summed E-state index contributed by atoms with van der Waals surface area (Å²) >= 11 is 0. The lowest BCUT2D eigenvalue weighted by molar-refractivity contribution is 0.235. The minimum absolute atomic E-state index is 0.837. The Kier molecular flexibility index (Phi) is 3.57. The fourth-order valence-corrected chi connectivity index (χ4v) is 2.31. The summed E-state index contributed by atoms with van der Waals surface area (Å²) in [6.07, 6.45) is 1.34. The molecule has 0 bridgehead atoms. The Morgan fingerprint density at radius 1 is 1.25 bits per heavy atom. The highest BCUT2D eigenvalue weighted by Crippen LogP contribution is 2.31. The molecule has 0 aromatic carbocycles. The van der Waals surface area contributed by atoms with Crippen molar-refractivity contribution in [3.8, 4) is 0 Å². The van der Waals surface area contributed by atoms with Gasteiger partial charge in [0.2, 0.25) is 0 Å². The first kappa shape index (κ1) is 10.0. The van der Waals surface area contributed by atoms with Gasteiger partial charge >= 0.3 is 0 Å². The molecule has 0 spiro atoms. The van der Waals surface area contributed by atoms with Crippen LogP contribution in [0.4, 0.5) is 0 Å². The summed E-state index contributed by atoms with van der Waals surface area (Å²) in [6, 6.07) is 0. The van der Waals surface area contributed by atoms with Crippen molar-refractivity contribution in [3.05, 3.63) is 0 Å². The van der Waals surface area contributed by atoms with Crippen LogP contribution < -0.4 is 5.32 Å². The van der Waals surface area contributed by atoms with Gasteiger partial charge in [0, 0.05) is 0 Å². The van der Waals surface area contributed by atoms with E-state index >= 15 is 0 Å². The Balaban J connectivity index is 2.49. The van der Waals surface area contributed by atoms with Crippen LogP contribution >= 0.6 is 0 Å². The zero-order chi connectivity index (χ0) is 9.14. The maximum atomic E-state index is 3.51. The lowest BCUT2D eigenvalue weighted by atomic mass is 9.78. The standard InChI is InChI=1S/C11H23N/c1-5-10-6-12-7-11(10)9(4)8(2)3/h8-12H,5-7H2,1-4H3. The lowest BCUT2D eigenvalue weighted by Crippen LogP contribution is -2.24. The Hall–Kier alpha value is -0.0400. The van der Waals surface area contributed by atoms with Crippen molar-refractivity contribution in [2.45, 2.75) is 34.1 Å².